The predicted molar refractivity (Wildman–Crippen MR) is 108 cm³/mol. The Balaban J connectivity index is 1.58. The minimum Gasteiger partial charge on any atom is -0.454 e. The number of nitrogens with zero attached hydrogens (tertiary/aromatic N) is 2. The Morgan fingerprint density at radius 1 is 1.28 bits per heavy atom. The van der Waals surface area contributed by atoms with Crippen molar-refractivity contribution in [2.75, 3.05) is 6.54 Å². The summed E-state index contributed by atoms with van der Waals surface area (Å²) in [4.78, 5) is 58.3. The lowest BCUT2D eigenvalue weighted by molar-refractivity contribution is -0.149. The van der Waals surface area contributed by atoms with E-state index in [1.165, 1.54) is 11.3 Å². The highest BCUT2D eigenvalue weighted by atomic mass is 32.1. The molecule has 0 radical (unpaired) electrons. The lowest BCUT2D eigenvalue weighted by Crippen LogP contribution is -2.40. The van der Waals surface area contributed by atoms with Crippen LogP contribution in [0.25, 0.3) is 10.2 Å². The Bertz CT molecular complexity index is 1050. The third-order valence-corrected chi connectivity index (χ3v) is 6.06. The highest BCUT2D eigenvalue weighted by molar-refractivity contribution is 7.18. The molecule has 29 heavy (non-hydrogen) atoms. The number of aryl methyl sites for hydroxylation is 2. The van der Waals surface area contributed by atoms with Crippen LogP contribution in [0.15, 0.2) is 4.79 Å². The molecule has 3 amide bonds. The maximum atomic E-state index is 12.4. The molecule has 1 aliphatic heterocycles. The number of hydrogen-bond acceptors (Lipinski definition) is 7. The zero-order valence-corrected chi connectivity index (χ0v) is 17.9. The van der Waals surface area contributed by atoms with Crippen molar-refractivity contribution in [2.24, 2.45) is 0 Å². The van der Waals surface area contributed by atoms with E-state index in [1.54, 1.807) is 20.8 Å². The maximum Gasteiger partial charge on any atom is 0.325 e. The number of amides is 3. The molecule has 2 N–H and O–H groups in total. The third kappa shape index (κ3) is 4.02. The Kier molecular flexibility index (Phi) is 5.48. The SMILES string of the molecule is Cc1sc2nc(C(C)OC(=O)CCCN3C(=O)NC(C)(C)C3=O)[nH]c(=O)c2c1C. The molecule has 3 heterocycles. The number of fused-ring (bicyclic) bond motifs is 1. The summed E-state index contributed by atoms with van der Waals surface area (Å²) in [6.45, 7) is 8.83. The first-order valence-electron chi connectivity index (χ1n) is 9.34. The van der Waals surface area contributed by atoms with Gasteiger partial charge in [0.25, 0.3) is 11.5 Å². The average molecular weight is 420 g/mol. The Morgan fingerprint density at radius 3 is 2.59 bits per heavy atom. The summed E-state index contributed by atoms with van der Waals surface area (Å²) in [6.07, 6.45) is -0.406. The molecule has 3 rings (SSSR count). The molecule has 1 atom stereocenters. The van der Waals surface area contributed by atoms with Crippen molar-refractivity contribution in [3.05, 3.63) is 26.6 Å². The summed E-state index contributed by atoms with van der Waals surface area (Å²) in [5.74, 6) is -0.529. The molecular formula is C19H24N4O5S. The number of aromatic amines is 1. The minimum absolute atomic E-state index is 0.0333. The number of H-pyrrole nitrogens is 1. The summed E-state index contributed by atoms with van der Waals surface area (Å²) in [5, 5.41) is 3.15. The fraction of sp³-hybridized carbons (Fsp3) is 0.526. The standard InChI is InChI=1S/C19H24N4O5S/c1-9-11(3)29-16-13(9)15(25)20-14(21-16)10(2)28-12(24)7-6-8-23-17(26)19(4,5)22-18(23)27/h10H,6-8H2,1-5H3,(H,22,27)(H,20,21,25). The van der Waals surface area contributed by atoms with Gasteiger partial charge in [-0.05, 0) is 46.6 Å². The van der Waals surface area contributed by atoms with Crippen molar-refractivity contribution in [1.82, 2.24) is 20.2 Å². The largest absolute Gasteiger partial charge is 0.454 e. The first-order valence-corrected chi connectivity index (χ1v) is 10.2. The highest BCUT2D eigenvalue weighted by Crippen LogP contribution is 2.27. The number of hydrogen-bond donors (Lipinski definition) is 2. The average Bonchev–Trinajstić information content (AvgIpc) is 3.01. The van der Waals surface area contributed by atoms with Gasteiger partial charge in [0, 0.05) is 17.8 Å². The molecule has 0 aliphatic carbocycles. The van der Waals surface area contributed by atoms with E-state index < -0.39 is 23.6 Å². The van der Waals surface area contributed by atoms with Gasteiger partial charge >= 0.3 is 12.0 Å². The zero-order valence-electron chi connectivity index (χ0n) is 17.0. The lowest BCUT2D eigenvalue weighted by atomic mass is 10.1. The second-order valence-corrected chi connectivity index (χ2v) is 8.87. The van der Waals surface area contributed by atoms with Crippen molar-refractivity contribution in [1.29, 1.82) is 0 Å². The smallest absolute Gasteiger partial charge is 0.325 e. The summed E-state index contributed by atoms with van der Waals surface area (Å²) < 4.78 is 5.37. The van der Waals surface area contributed by atoms with Gasteiger partial charge in [0.05, 0.1) is 5.39 Å². The van der Waals surface area contributed by atoms with Gasteiger partial charge in [0.1, 0.15) is 10.4 Å². The van der Waals surface area contributed by atoms with Crippen LogP contribution in [0.3, 0.4) is 0 Å². The topological polar surface area (TPSA) is 121 Å². The monoisotopic (exact) mass is 420 g/mol. The molecule has 0 spiro atoms. The van der Waals surface area contributed by atoms with E-state index in [4.69, 9.17) is 4.74 Å². The quantitative estimate of drug-likeness (QED) is 0.546. The molecule has 0 aromatic carbocycles. The zero-order chi connectivity index (χ0) is 21.5. The molecule has 1 fully saturated rings. The molecule has 10 heteroatoms. The number of nitrogens with one attached hydrogen (secondary N) is 2. The number of rotatable bonds is 6. The van der Waals surface area contributed by atoms with Crippen LogP contribution in [0.4, 0.5) is 4.79 Å². The van der Waals surface area contributed by atoms with Gasteiger partial charge < -0.3 is 15.0 Å². The van der Waals surface area contributed by atoms with E-state index in [9.17, 15) is 19.2 Å². The van der Waals surface area contributed by atoms with Gasteiger partial charge in [-0.15, -0.1) is 11.3 Å². The predicted octanol–water partition coefficient (Wildman–Crippen LogP) is 2.32. The molecule has 9 nitrogen and oxygen atoms in total. The molecule has 1 unspecified atom stereocenters. The number of carbonyl (C=O) groups excluding carboxylic acids is 3. The Hall–Kier alpha value is -2.75. The third-order valence-electron chi connectivity index (χ3n) is 4.96. The van der Waals surface area contributed by atoms with Crippen molar-refractivity contribution in [3.63, 3.8) is 0 Å². The Labute approximate surface area is 171 Å². The van der Waals surface area contributed by atoms with Crippen molar-refractivity contribution in [3.8, 4) is 0 Å². The van der Waals surface area contributed by atoms with Crippen LogP contribution >= 0.6 is 11.3 Å². The summed E-state index contributed by atoms with van der Waals surface area (Å²) in [6, 6.07) is -0.460. The van der Waals surface area contributed by atoms with E-state index in [2.05, 4.69) is 15.3 Å². The van der Waals surface area contributed by atoms with Crippen molar-refractivity contribution < 1.29 is 19.1 Å². The second kappa shape index (κ2) is 7.58. The van der Waals surface area contributed by atoms with E-state index in [-0.39, 0.29) is 36.7 Å². The fourth-order valence-electron chi connectivity index (χ4n) is 3.18. The van der Waals surface area contributed by atoms with Crippen LogP contribution in [-0.2, 0) is 14.3 Å². The number of thiophene rings is 1. The lowest BCUT2D eigenvalue weighted by Gasteiger charge is -2.16. The van der Waals surface area contributed by atoms with Gasteiger partial charge in [-0.25, -0.2) is 9.78 Å². The van der Waals surface area contributed by atoms with Gasteiger partial charge in [-0.3, -0.25) is 19.3 Å². The molecule has 156 valence electrons. The molecule has 1 saturated heterocycles. The van der Waals surface area contributed by atoms with Crippen molar-refractivity contribution >= 4 is 39.5 Å². The van der Waals surface area contributed by atoms with Crippen LogP contribution in [0.1, 0.15) is 56.0 Å². The number of aromatic nitrogens is 2. The molecule has 0 bridgehead atoms. The summed E-state index contributed by atoms with van der Waals surface area (Å²) >= 11 is 1.42. The Morgan fingerprint density at radius 2 is 1.97 bits per heavy atom. The summed E-state index contributed by atoms with van der Waals surface area (Å²) in [7, 11) is 0. The highest BCUT2D eigenvalue weighted by Gasteiger charge is 2.43. The van der Waals surface area contributed by atoms with Crippen LogP contribution in [0.2, 0.25) is 0 Å². The first kappa shape index (κ1) is 21.0. The number of carbonyl (C=O) groups is 3. The first-order chi connectivity index (χ1) is 13.5. The number of urea groups is 1. The van der Waals surface area contributed by atoms with E-state index in [0.29, 0.717) is 10.2 Å². The number of imide groups is 1. The normalized spacial score (nSPS) is 16.9. The fourth-order valence-corrected chi connectivity index (χ4v) is 4.22. The van der Waals surface area contributed by atoms with Gasteiger partial charge in [-0.1, -0.05) is 0 Å². The molecule has 0 saturated carbocycles. The molecular weight excluding hydrogens is 396 g/mol. The molecule has 2 aromatic heterocycles. The molecule has 1 aliphatic rings. The molecule has 2 aromatic rings. The van der Waals surface area contributed by atoms with Crippen molar-refractivity contribution in [2.45, 2.75) is 59.1 Å². The van der Waals surface area contributed by atoms with Gasteiger partial charge in [0.15, 0.2) is 11.9 Å². The maximum absolute atomic E-state index is 12.4. The van der Waals surface area contributed by atoms with Crippen LogP contribution in [0.5, 0.6) is 0 Å². The van der Waals surface area contributed by atoms with E-state index in [0.717, 1.165) is 15.3 Å². The van der Waals surface area contributed by atoms with E-state index in [1.807, 2.05) is 13.8 Å². The number of esters is 1. The van der Waals surface area contributed by atoms with Gasteiger partial charge in [0.2, 0.25) is 0 Å². The van der Waals surface area contributed by atoms with E-state index >= 15 is 0 Å². The van der Waals surface area contributed by atoms with Crippen LogP contribution in [0, 0.1) is 13.8 Å². The second-order valence-electron chi connectivity index (χ2n) is 7.66. The minimum atomic E-state index is -0.930. The van der Waals surface area contributed by atoms with Crippen LogP contribution < -0.4 is 10.9 Å². The van der Waals surface area contributed by atoms with Crippen LogP contribution in [-0.4, -0.2) is 44.9 Å². The summed E-state index contributed by atoms with van der Waals surface area (Å²) in [5.41, 5.74) is -0.282. The number of ether oxygens (including phenoxy) is 1. The van der Waals surface area contributed by atoms with Gasteiger partial charge in [-0.2, -0.15) is 0 Å².